The summed E-state index contributed by atoms with van der Waals surface area (Å²) in [7, 11) is 0. The summed E-state index contributed by atoms with van der Waals surface area (Å²) in [5.41, 5.74) is 1.35. The van der Waals surface area contributed by atoms with Gasteiger partial charge in [0.15, 0.2) is 0 Å². The van der Waals surface area contributed by atoms with E-state index in [4.69, 9.17) is 4.74 Å². The second-order valence-corrected chi connectivity index (χ2v) is 4.06. The second kappa shape index (κ2) is 5.16. The number of hydrogen-bond acceptors (Lipinski definition) is 3. The molecule has 96 valence electrons. The van der Waals surface area contributed by atoms with Gasteiger partial charge in [0.05, 0.1) is 12.3 Å². The Balaban J connectivity index is 2.27. The van der Waals surface area contributed by atoms with Crippen molar-refractivity contribution in [3.63, 3.8) is 0 Å². The molecule has 0 fully saturated rings. The van der Waals surface area contributed by atoms with Gasteiger partial charge in [0.1, 0.15) is 12.4 Å². The zero-order valence-electron chi connectivity index (χ0n) is 10.1. The summed E-state index contributed by atoms with van der Waals surface area (Å²) >= 11 is 0. The van der Waals surface area contributed by atoms with Crippen molar-refractivity contribution in [2.75, 3.05) is 18.1 Å². The molecule has 1 aromatic carbocycles. The van der Waals surface area contributed by atoms with E-state index >= 15 is 0 Å². The van der Waals surface area contributed by atoms with Gasteiger partial charge in [0.25, 0.3) is 0 Å². The van der Waals surface area contributed by atoms with Gasteiger partial charge in [0, 0.05) is 6.42 Å². The number of hydrogen-bond donors (Lipinski definition) is 0. The summed E-state index contributed by atoms with van der Waals surface area (Å²) in [6, 6.07) is 4.29. The second-order valence-electron chi connectivity index (χ2n) is 4.06. The standard InChI is InChI=1S/C13H14FNO3/c1-2-18-13(17)8-15-11-7-10(14)5-3-9(11)4-6-12(15)16/h3,5,7H,2,4,6,8H2,1H3. The van der Waals surface area contributed by atoms with Crippen LogP contribution in [0, 0.1) is 5.82 Å². The normalized spacial score (nSPS) is 14.3. The van der Waals surface area contributed by atoms with E-state index < -0.39 is 11.8 Å². The minimum absolute atomic E-state index is 0.164. The van der Waals surface area contributed by atoms with Gasteiger partial charge in [-0.3, -0.25) is 9.59 Å². The molecule has 4 nitrogen and oxygen atoms in total. The summed E-state index contributed by atoms with van der Waals surface area (Å²) in [4.78, 5) is 24.5. The van der Waals surface area contributed by atoms with E-state index in [9.17, 15) is 14.0 Å². The van der Waals surface area contributed by atoms with Crippen LogP contribution in [0.25, 0.3) is 0 Å². The molecule has 0 aliphatic carbocycles. The largest absolute Gasteiger partial charge is 0.465 e. The first kappa shape index (κ1) is 12.5. The fourth-order valence-corrected chi connectivity index (χ4v) is 2.02. The number of halogens is 1. The van der Waals surface area contributed by atoms with Crippen LogP contribution in [-0.2, 0) is 20.7 Å². The van der Waals surface area contributed by atoms with Crippen LogP contribution in [0.1, 0.15) is 18.9 Å². The molecule has 0 spiro atoms. The molecule has 1 aliphatic rings. The molecule has 0 saturated carbocycles. The first-order chi connectivity index (χ1) is 8.61. The van der Waals surface area contributed by atoms with Crippen LogP contribution >= 0.6 is 0 Å². The third-order valence-electron chi connectivity index (χ3n) is 2.84. The van der Waals surface area contributed by atoms with Crippen LogP contribution in [0.4, 0.5) is 10.1 Å². The number of benzene rings is 1. The molecule has 1 heterocycles. The van der Waals surface area contributed by atoms with E-state index in [0.29, 0.717) is 18.5 Å². The molecule has 0 saturated heterocycles. The number of carbonyl (C=O) groups is 2. The number of amides is 1. The number of rotatable bonds is 3. The Morgan fingerprint density at radius 1 is 1.44 bits per heavy atom. The summed E-state index contributed by atoms with van der Waals surface area (Å²) in [6.45, 7) is 1.80. The van der Waals surface area contributed by atoms with Crippen molar-refractivity contribution in [2.45, 2.75) is 19.8 Å². The maximum atomic E-state index is 13.2. The quantitative estimate of drug-likeness (QED) is 0.768. The summed E-state index contributed by atoms with van der Waals surface area (Å²) in [6.07, 6.45) is 0.909. The lowest BCUT2D eigenvalue weighted by Crippen LogP contribution is -2.39. The van der Waals surface area contributed by atoms with Gasteiger partial charge >= 0.3 is 5.97 Å². The third-order valence-corrected chi connectivity index (χ3v) is 2.84. The van der Waals surface area contributed by atoms with E-state index in [1.807, 2.05) is 0 Å². The van der Waals surface area contributed by atoms with Crippen LogP contribution in [0.5, 0.6) is 0 Å². The lowest BCUT2D eigenvalue weighted by Gasteiger charge is -2.28. The maximum absolute atomic E-state index is 13.2. The van der Waals surface area contributed by atoms with Crippen molar-refractivity contribution in [2.24, 2.45) is 0 Å². The Labute approximate surface area is 104 Å². The van der Waals surface area contributed by atoms with Crippen LogP contribution in [-0.4, -0.2) is 25.0 Å². The van der Waals surface area contributed by atoms with Crippen molar-refractivity contribution >= 4 is 17.6 Å². The van der Waals surface area contributed by atoms with Crippen LogP contribution in [0.15, 0.2) is 18.2 Å². The molecule has 0 aromatic heterocycles. The van der Waals surface area contributed by atoms with Gasteiger partial charge in [-0.15, -0.1) is 0 Å². The van der Waals surface area contributed by atoms with Gasteiger partial charge in [-0.1, -0.05) is 6.07 Å². The summed E-state index contributed by atoms with van der Waals surface area (Å²) in [5.74, 6) is -1.08. The molecule has 0 N–H and O–H groups in total. The first-order valence-electron chi connectivity index (χ1n) is 5.86. The minimum Gasteiger partial charge on any atom is -0.465 e. The topological polar surface area (TPSA) is 46.6 Å². The van der Waals surface area contributed by atoms with E-state index in [-0.39, 0.29) is 19.1 Å². The molecule has 5 heteroatoms. The van der Waals surface area contributed by atoms with Gasteiger partial charge in [-0.05, 0) is 31.0 Å². The van der Waals surface area contributed by atoms with Crippen LogP contribution < -0.4 is 4.90 Å². The monoisotopic (exact) mass is 251 g/mol. The molecule has 0 atom stereocenters. The highest BCUT2D eigenvalue weighted by Crippen LogP contribution is 2.28. The number of esters is 1. The molecular formula is C13H14FNO3. The van der Waals surface area contributed by atoms with Crippen molar-refractivity contribution in [3.8, 4) is 0 Å². The van der Waals surface area contributed by atoms with Crippen molar-refractivity contribution in [1.82, 2.24) is 0 Å². The highest BCUT2D eigenvalue weighted by molar-refractivity contribution is 6.00. The SMILES string of the molecule is CCOC(=O)CN1C(=O)CCc2ccc(F)cc21. The molecule has 1 amide bonds. The minimum atomic E-state index is -0.483. The lowest BCUT2D eigenvalue weighted by molar-refractivity contribution is -0.142. The highest BCUT2D eigenvalue weighted by Gasteiger charge is 2.26. The lowest BCUT2D eigenvalue weighted by atomic mass is 10.0. The molecule has 2 rings (SSSR count). The zero-order valence-corrected chi connectivity index (χ0v) is 10.1. The Morgan fingerprint density at radius 3 is 2.94 bits per heavy atom. The van der Waals surface area contributed by atoms with Gasteiger partial charge in [-0.2, -0.15) is 0 Å². The number of anilines is 1. The van der Waals surface area contributed by atoms with E-state index in [1.165, 1.54) is 17.0 Å². The van der Waals surface area contributed by atoms with Gasteiger partial charge < -0.3 is 9.64 Å². The fraction of sp³-hybridized carbons (Fsp3) is 0.385. The number of aryl methyl sites for hydroxylation is 1. The number of nitrogens with zero attached hydrogens (tertiary/aromatic N) is 1. The van der Waals surface area contributed by atoms with Crippen molar-refractivity contribution in [3.05, 3.63) is 29.6 Å². The Morgan fingerprint density at radius 2 is 2.22 bits per heavy atom. The number of fused-ring (bicyclic) bond motifs is 1. The average molecular weight is 251 g/mol. The summed E-state index contributed by atoms with van der Waals surface area (Å²) < 4.78 is 18.0. The van der Waals surface area contributed by atoms with Crippen molar-refractivity contribution < 1.29 is 18.7 Å². The molecule has 0 radical (unpaired) electrons. The van der Waals surface area contributed by atoms with Crippen LogP contribution in [0.2, 0.25) is 0 Å². The smallest absolute Gasteiger partial charge is 0.326 e. The Hall–Kier alpha value is -1.91. The molecule has 0 bridgehead atoms. The third kappa shape index (κ3) is 2.50. The number of ether oxygens (including phenoxy) is 1. The highest BCUT2D eigenvalue weighted by atomic mass is 19.1. The van der Waals surface area contributed by atoms with E-state index in [1.54, 1.807) is 13.0 Å². The fourth-order valence-electron chi connectivity index (χ4n) is 2.02. The molecule has 1 aromatic rings. The number of carbonyl (C=O) groups excluding carboxylic acids is 2. The summed E-state index contributed by atoms with van der Waals surface area (Å²) in [5, 5.41) is 0. The average Bonchev–Trinajstić information content (AvgIpc) is 2.33. The maximum Gasteiger partial charge on any atom is 0.326 e. The Kier molecular flexibility index (Phi) is 3.60. The van der Waals surface area contributed by atoms with Gasteiger partial charge in [0.2, 0.25) is 5.91 Å². The van der Waals surface area contributed by atoms with E-state index in [2.05, 4.69) is 0 Å². The molecule has 0 unspecified atom stereocenters. The molecule has 18 heavy (non-hydrogen) atoms. The zero-order chi connectivity index (χ0) is 13.1. The van der Waals surface area contributed by atoms with Crippen LogP contribution in [0.3, 0.4) is 0 Å². The molecule has 1 aliphatic heterocycles. The predicted molar refractivity (Wildman–Crippen MR) is 63.7 cm³/mol. The predicted octanol–water partition coefficient (Wildman–Crippen LogP) is 1.67. The molecular weight excluding hydrogens is 237 g/mol. The Bertz CT molecular complexity index is 487. The van der Waals surface area contributed by atoms with Crippen molar-refractivity contribution in [1.29, 1.82) is 0 Å². The first-order valence-corrected chi connectivity index (χ1v) is 5.86. The van der Waals surface area contributed by atoms with Gasteiger partial charge in [-0.25, -0.2) is 4.39 Å². The van der Waals surface area contributed by atoms with E-state index in [0.717, 1.165) is 5.56 Å².